The topological polar surface area (TPSA) is 71.9 Å². The molecule has 1 aromatic rings. The molecule has 0 aromatic carbocycles. The van der Waals surface area contributed by atoms with Gasteiger partial charge in [-0.05, 0) is 26.8 Å². The van der Waals surface area contributed by atoms with Crippen LogP contribution in [-0.4, -0.2) is 45.9 Å². The Balaban J connectivity index is 1.98. The number of aromatic nitrogens is 1. The monoisotopic (exact) mass is 348 g/mol. The molecule has 0 bridgehead atoms. The van der Waals surface area contributed by atoms with Crippen molar-refractivity contribution < 1.29 is 19.4 Å². The standard InChI is InChI=1S/C14H18Cl2N2O4/c1-14(2,3)22-13(20)18-5-4-8(7-18)21-12-11(19)9(15)6-10(16)17-12/h6,8,19H,4-5,7H2,1-3H3. The molecule has 1 aliphatic heterocycles. The van der Waals surface area contributed by atoms with Crippen molar-refractivity contribution in [3.05, 3.63) is 16.2 Å². The van der Waals surface area contributed by atoms with Crippen molar-refractivity contribution in [3.8, 4) is 11.6 Å². The number of pyridine rings is 1. The van der Waals surface area contributed by atoms with E-state index in [-0.39, 0.29) is 34.0 Å². The Bertz CT molecular complexity index is 575. The molecule has 0 saturated carbocycles. The summed E-state index contributed by atoms with van der Waals surface area (Å²) >= 11 is 11.6. The van der Waals surface area contributed by atoms with E-state index in [1.807, 2.05) is 20.8 Å². The molecule has 1 atom stereocenters. The lowest BCUT2D eigenvalue weighted by Gasteiger charge is -2.24. The van der Waals surface area contributed by atoms with E-state index in [2.05, 4.69) is 4.98 Å². The summed E-state index contributed by atoms with van der Waals surface area (Å²) in [4.78, 5) is 17.4. The van der Waals surface area contributed by atoms with Crippen LogP contribution >= 0.6 is 23.2 Å². The second kappa shape index (κ2) is 6.38. The van der Waals surface area contributed by atoms with Crippen LogP contribution in [0.1, 0.15) is 27.2 Å². The van der Waals surface area contributed by atoms with Gasteiger partial charge in [-0.1, -0.05) is 23.2 Å². The molecule has 1 N–H and O–H groups in total. The number of halogens is 2. The van der Waals surface area contributed by atoms with Crippen LogP contribution in [0.2, 0.25) is 10.2 Å². The van der Waals surface area contributed by atoms with Crippen LogP contribution in [0.25, 0.3) is 0 Å². The Hall–Kier alpha value is -1.40. The number of rotatable bonds is 2. The molecule has 2 heterocycles. The Morgan fingerprint density at radius 1 is 1.45 bits per heavy atom. The van der Waals surface area contributed by atoms with Gasteiger partial charge in [0.2, 0.25) is 0 Å². The van der Waals surface area contributed by atoms with Gasteiger partial charge in [-0.15, -0.1) is 0 Å². The average molecular weight is 349 g/mol. The first-order valence-corrected chi connectivity index (χ1v) is 7.61. The molecule has 1 unspecified atom stereocenters. The van der Waals surface area contributed by atoms with E-state index in [1.165, 1.54) is 6.07 Å². The molecule has 1 aliphatic rings. The summed E-state index contributed by atoms with van der Waals surface area (Å²) in [6.07, 6.45) is -0.0924. The predicted molar refractivity (Wildman–Crippen MR) is 82.8 cm³/mol. The minimum Gasteiger partial charge on any atom is -0.502 e. The third-order valence-electron chi connectivity index (χ3n) is 2.96. The quantitative estimate of drug-likeness (QED) is 0.828. The van der Waals surface area contributed by atoms with Crippen molar-refractivity contribution in [3.63, 3.8) is 0 Å². The number of carbonyl (C=O) groups excluding carboxylic acids is 1. The minimum absolute atomic E-state index is 0.0338. The SMILES string of the molecule is CC(C)(C)OC(=O)N1CCC(Oc2nc(Cl)cc(Cl)c2O)C1. The molecule has 6 nitrogen and oxygen atoms in total. The second-order valence-electron chi connectivity index (χ2n) is 6.04. The van der Waals surface area contributed by atoms with Gasteiger partial charge in [-0.3, -0.25) is 0 Å². The molecule has 1 aromatic heterocycles. The van der Waals surface area contributed by atoms with Crippen LogP contribution in [0.15, 0.2) is 6.07 Å². The Labute approximate surface area is 138 Å². The zero-order chi connectivity index (χ0) is 16.5. The zero-order valence-corrected chi connectivity index (χ0v) is 14.1. The summed E-state index contributed by atoms with van der Waals surface area (Å²) in [6, 6.07) is 1.33. The van der Waals surface area contributed by atoms with E-state index in [0.717, 1.165) is 0 Å². The Kier molecular flexibility index (Phi) is 4.92. The maximum Gasteiger partial charge on any atom is 0.410 e. The molecule has 1 amide bonds. The molecule has 2 rings (SSSR count). The van der Waals surface area contributed by atoms with Crippen LogP contribution in [0.5, 0.6) is 11.6 Å². The van der Waals surface area contributed by atoms with Crippen molar-refractivity contribution in [1.29, 1.82) is 0 Å². The number of ether oxygens (including phenoxy) is 2. The van der Waals surface area contributed by atoms with E-state index in [9.17, 15) is 9.90 Å². The third-order valence-corrected chi connectivity index (χ3v) is 3.44. The maximum atomic E-state index is 12.0. The molecule has 1 saturated heterocycles. The number of aromatic hydroxyl groups is 1. The molecular formula is C14H18Cl2N2O4. The summed E-state index contributed by atoms with van der Waals surface area (Å²) in [5, 5.41) is 10.0. The Morgan fingerprint density at radius 3 is 2.77 bits per heavy atom. The van der Waals surface area contributed by atoms with E-state index in [1.54, 1.807) is 4.90 Å². The van der Waals surface area contributed by atoms with Gasteiger partial charge in [-0.25, -0.2) is 4.79 Å². The number of hydrogen-bond donors (Lipinski definition) is 1. The lowest BCUT2D eigenvalue weighted by molar-refractivity contribution is 0.0274. The van der Waals surface area contributed by atoms with Crippen LogP contribution in [0.3, 0.4) is 0 Å². The largest absolute Gasteiger partial charge is 0.502 e. The molecule has 8 heteroatoms. The van der Waals surface area contributed by atoms with Gasteiger partial charge in [0.1, 0.15) is 16.9 Å². The number of nitrogens with zero attached hydrogens (tertiary/aromatic N) is 2. The number of amides is 1. The van der Waals surface area contributed by atoms with Gasteiger partial charge < -0.3 is 19.5 Å². The van der Waals surface area contributed by atoms with Gasteiger partial charge in [0.25, 0.3) is 5.88 Å². The minimum atomic E-state index is -0.545. The summed E-state index contributed by atoms with van der Waals surface area (Å²) in [6.45, 7) is 6.29. The Morgan fingerprint density at radius 2 is 2.14 bits per heavy atom. The first kappa shape index (κ1) is 17.0. The molecular weight excluding hydrogens is 331 g/mol. The van der Waals surface area contributed by atoms with E-state index < -0.39 is 5.60 Å². The highest BCUT2D eigenvalue weighted by Gasteiger charge is 2.31. The highest BCUT2D eigenvalue weighted by molar-refractivity contribution is 6.35. The highest BCUT2D eigenvalue weighted by Crippen LogP contribution is 2.35. The zero-order valence-electron chi connectivity index (χ0n) is 12.6. The van der Waals surface area contributed by atoms with Crippen LogP contribution in [0, 0.1) is 0 Å². The third kappa shape index (κ3) is 4.30. The molecule has 22 heavy (non-hydrogen) atoms. The van der Waals surface area contributed by atoms with Crippen LogP contribution in [-0.2, 0) is 4.74 Å². The molecule has 122 valence electrons. The van der Waals surface area contributed by atoms with Crippen LogP contribution < -0.4 is 4.74 Å². The molecule has 0 radical (unpaired) electrons. The van der Waals surface area contributed by atoms with Crippen molar-refractivity contribution in [1.82, 2.24) is 9.88 Å². The van der Waals surface area contributed by atoms with Crippen molar-refractivity contribution in [2.75, 3.05) is 13.1 Å². The smallest absolute Gasteiger partial charge is 0.410 e. The van der Waals surface area contributed by atoms with Gasteiger partial charge in [-0.2, -0.15) is 4.98 Å². The normalized spacial score (nSPS) is 18.4. The number of hydrogen-bond acceptors (Lipinski definition) is 5. The van der Waals surface area contributed by atoms with Crippen molar-refractivity contribution >= 4 is 29.3 Å². The fourth-order valence-electron chi connectivity index (χ4n) is 2.01. The van der Waals surface area contributed by atoms with Gasteiger partial charge in [0, 0.05) is 13.0 Å². The molecule has 0 aliphatic carbocycles. The van der Waals surface area contributed by atoms with Gasteiger partial charge >= 0.3 is 6.09 Å². The second-order valence-corrected chi connectivity index (χ2v) is 6.83. The van der Waals surface area contributed by atoms with E-state index in [0.29, 0.717) is 19.5 Å². The summed E-state index contributed by atoms with van der Waals surface area (Å²) in [5.74, 6) is -0.296. The first-order valence-electron chi connectivity index (χ1n) is 6.85. The summed E-state index contributed by atoms with van der Waals surface area (Å²) < 4.78 is 10.9. The predicted octanol–water partition coefficient (Wildman–Crippen LogP) is 3.48. The van der Waals surface area contributed by atoms with Gasteiger partial charge in [0.05, 0.1) is 11.6 Å². The molecule has 1 fully saturated rings. The van der Waals surface area contributed by atoms with E-state index >= 15 is 0 Å². The highest BCUT2D eigenvalue weighted by atomic mass is 35.5. The van der Waals surface area contributed by atoms with E-state index in [4.69, 9.17) is 32.7 Å². The average Bonchev–Trinajstić information content (AvgIpc) is 2.82. The maximum absolute atomic E-state index is 12.0. The lowest BCUT2D eigenvalue weighted by Crippen LogP contribution is -2.36. The molecule has 0 spiro atoms. The fraction of sp³-hybridized carbons (Fsp3) is 0.571. The number of carbonyl (C=O) groups is 1. The van der Waals surface area contributed by atoms with Crippen LogP contribution in [0.4, 0.5) is 4.79 Å². The van der Waals surface area contributed by atoms with Gasteiger partial charge in [0.15, 0.2) is 5.75 Å². The number of likely N-dealkylation sites (tertiary alicyclic amines) is 1. The first-order chi connectivity index (χ1) is 10.2. The van der Waals surface area contributed by atoms with Crippen molar-refractivity contribution in [2.24, 2.45) is 0 Å². The van der Waals surface area contributed by atoms with Crippen molar-refractivity contribution in [2.45, 2.75) is 38.9 Å². The fourth-order valence-corrected chi connectivity index (χ4v) is 2.44. The summed E-state index contributed by atoms with van der Waals surface area (Å²) in [7, 11) is 0. The summed E-state index contributed by atoms with van der Waals surface area (Å²) in [5.41, 5.74) is -0.545. The lowest BCUT2D eigenvalue weighted by atomic mass is 10.2.